The average molecular weight is 248 g/mol. The zero-order chi connectivity index (χ0) is 11.8. The normalized spacial score (nSPS) is 20.4. The van der Waals surface area contributed by atoms with Gasteiger partial charge in [0.05, 0.1) is 5.39 Å². The van der Waals surface area contributed by atoms with Crippen LogP contribution in [0.15, 0.2) is 12.4 Å². The van der Waals surface area contributed by atoms with Crippen LogP contribution in [0.4, 0.5) is 5.82 Å². The maximum atomic E-state index is 5.73. The fourth-order valence-corrected chi connectivity index (χ4v) is 3.27. The van der Waals surface area contributed by atoms with Crippen molar-refractivity contribution in [2.75, 3.05) is 24.5 Å². The first-order chi connectivity index (χ1) is 8.28. The van der Waals surface area contributed by atoms with Gasteiger partial charge in [-0.3, -0.25) is 0 Å². The predicted molar refractivity (Wildman–Crippen MR) is 71.5 cm³/mol. The largest absolute Gasteiger partial charge is 0.356 e. The summed E-state index contributed by atoms with van der Waals surface area (Å²) in [5.41, 5.74) is 5.73. The molecular formula is C12H16N4S. The second-order valence-electron chi connectivity index (χ2n) is 4.61. The van der Waals surface area contributed by atoms with Crippen LogP contribution in [0.1, 0.15) is 11.3 Å². The summed E-state index contributed by atoms with van der Waals surface area (Å²) in [7, 11) is 0. The monoisotopic (exact) mass is 248 g/mol. The van der Waals surface area contributed by atoms with Gasteiger partial charge in [0.1, 0.15) is 17.0 Å². The SMILES string of the molecule is Cc1cc2c(N3CCC(CN)C3)ncnc2s1. The average Bonchev–Trinajstić information content (AvgIpc) is 2.92. The third-order valence-corrected chi connectivity index (χ3v) is 4.31. The smallest absolute Gasteiger partial charge is 0.140 e. The van der Waals surface area contributed by atoms with E-state index in [4.69, 9.17) is 5.73 Å². The van der Waals surface area contributed by atoms with Crippen molar-refractivity contribution >= 4 is 27.4 Å². The molecule has 1 saturated heterocycles. The van der Waals surface area contributed by atoms with Crippen LogP contribution >= 0.6 is 11.3 Å². The molecule has 4 nitrogen and oxygen atoms in total. The summed E-state index contributed by atoms with van der Waals surface area (Å²) in [5.74, 6) is 1.69. The van der Waals surface area contributed by atoms with Crippen molar-refractivity contribution in [2.45, 2.75) is 13.3 Å². The van der Waals surface area contributed by atoms with Crippen LogP contribution in [0.2, 0.25) is 0 Å². The van der Waals surface area contributed by atoms with Gasteiger partial charge in [-0.05, 0) is 31.9 Å². The molecule has 0 spiro atoms. The standard InChI is InChI=1S/C12H16N4S/c1-8-4-10-11(14-7-15-12(10)17-8)16-3-2-9(5-13)6-16/h4,7,9H,2-3,5-6,13H2,1H3. The lowest BCUT2D eigenvalue weighted by atomic mass is 10.1. The summed E-state index contributed by atoms with van der Waals surface area (Å²) in [6.45, 7) is 4.97. The molecule has 3 rings (SSSR count). The van der Waals surface area contributed by atoms with Crippen LogP contribution < -0.4 is 10.6 Å². The van der Waals surface area contributed by atoms with Crippen molar-refractivity contribution in [3.63, 3.8) is 0 Å². The van der Waals surface area contributed by atoms with Crippen molar-refractivity contribution in [3.05, 3.63) is 17.3 Å². The molecule has 2 aromatic rings. The van der Waals surface area contributed by atoms with E-state index >= 15 is 0 Å². The molecule has 0 aromatic carbocycles. The molecule has 0 amide bonds. The van der Waals surface area contributed by atoms with Gasteiger partial charge in [0.25, 0.3) is 0 Å². The highest BCUT2D eigenvalue weighted by molar-refractivity contribution is 7.18. The Morgan fingerprint density at radius 1 is 1.53 bits per heavy atom. The highest BCUT2D eigenvalue weighted by Gasteiger charge is 2.24. The highest BCUT2D eigenvalue weighted by Crippen LogP contribution is 2.32. The molecule has 1 unspecified atom stereocenters. The third kappa shape index (κ3) is 1.89. The van der Waals surface area contributed by atoms with Gasteiger partial charge in [-0.25, -0.2) is 9.97 Å². The zero-order valence-electron chi connectivity index (χ0n) is 9.89. The number of aromatic nitrogens is 2. The van der Waals surface area contributed by atoms with Gasteiger partial charge in [0, 0.05) is 18.0 Å². The number of hydrogen-bond acceptors (Lipinski definition) is 5. The Morgan fingerprint density at radius 2 is 2.41 bits per heavy atom. The van der Waals surface area contributed by atoms with Gasteiger partial charge in [0.2, 0.25) is 0 Å². The Hall–Kier alpha value is -1.20. The van der Waals surface area contributed by atoms with Crippen molar-refractivity contribution in [1.82, 2.24) is 9.97 Å². The van der Waals surface area contributed by atoms with E-state index in [1.165, 1.54) is 16.7 Å². The predicted octanol–water partition coefficient (Wildman–Crippen LogP) is 1.78. The molecule has 90 valence electrons. The van der Waals surface area contributed by atoms with E-state index in [-0.39, 0.29) is 0 Å². The first kappa shape index (κ1) is 10.9. The minimum atomic E-state index is 0.611. The number of anilines is 1. The molecule has 1 aliphatic rings. The summed E-state index contributed by atoms with van der Waals surface area (Å²) < 4.78 is 0. The van der Waals surface area contributed by atoms with Gasteiger partial charge in [-0.1, -0.05) is 0 Å². The number of nitrogens with zero attached hydrogens (tertiary/aromatic N) is 3. The lowest BCUT2D eigenvalue weighted by molar-refractivity contribution is 0.602. The second-order valence-corrected chi connectivity index (χ2v) is 5.84. The molecule has 0 bridgehead atoms. The number of rotatable bonds is 2. The zero-order valence-corrected chi connectivity index (χ0v) is 10.7. The van der Waals surface area contributed by atoms with Crippen LogP contribution in [0.25, 0.3) is 10.2 Å². The van der Waals surface area contributed by atoms with Crippen molar-refractivity contribution in [3.8, 4) is 0 Å². The van der Waals surface area contributed by atoms with Gasteiger partial charge >= 0.3 is 0 Å². The van der Waals surface area contributed by atoms with Crippen LogP contribution in [0.5, 0.6) is 0 Å². The first-order valence-electron chi connectivity index (χ1n) is 5.94. The number of hydrogen-bond donors (Lipinski definition) is 1. The Labute approximate surface area is 104 Å². The van der Waals surface area contributed by atoms with E-state index in [0.29, 0.717) is 5.92 Å². The van der Waals surface area contributed by atoms with Gasteiger partial charge in [-0.2, -0.15) is 0 Å². The molecule has 17 heavy (non-hydrogen) atoms. The minimum Gasteiger partial charge on any atom is -0.356 e. The van der Waals surface area contributed by atoms with E-state index in [0.717, 1.165) is 30.3 Å². The van der Waals surface area contributed by atoms with Crippen molar-refractivity contribution in [2.24, 2.45) is 11.7 Å². The molecule has 1 aliphatic heterocycles. The first-order valence-corrected chi connectivity index (χ1v) is 6.75. The molecular weight excluding hydrogens is 232 g/mol. The maximum Gasteiger partial charge on any atom is 0.140 e. The van der Waals surface area contributed by atoms with Gasteiger partial charge in [-0.15, -0.1) is 11.3 Å². The van der Waals surface area contributed by atoms with E-state index in [2.05, 4.69) is 27.9 Å². The van der Waals surface area contributed by atoms with Crippen molar-refractivity contribution < 1.29 is 0 Å². The molecule has 0 saturated carbocycles. The molecule has 1 fully saturated rings. The number of fused-ring (bicyclic) bond motifs is 1. The van der Waals surface area contributed by atoms with Crippen molar-refractivity contribution in [1.29, 1.82) is 0 Å². The number of nitrogens with two attached hydrogens (primary N) is 1. The lowest BCUT2D eigenvalue weighted by Gasteiger charge is -2.17. The summed E-state index contributed by atoms with van der Waals surface area (Å²) >= 11 is 1.73. The molecule has 3 heterocycles. The second kappa shape index (κ2) is 4.23. The molecule has 2 N–H and O–H groups in total. The summed E-state index contributed by atoms with van der Waals surface area (Å²) in [6.07, 6.45) is 2.84. The van der Waals surface area contributed by atoms with E-state index < -0.39 is 0 Å². The van der Waals surface area contributed by atoms with Crippen LogP contribution in [0, 0.1) is 12.8 Å². The maximum absolute atomic E-state index is 5.73. The fraction of sp³-hybridized carbons (Fsp3) is 0.500. The van der Waals surface area contributed by atoms with Crippen LogP contribution in [0.3, 0.4) is 0 Å². The Morgan fingerprint density at radius 3 is 3.18 bits per heavy atom. The Bertz CT molecular complexity index is 536. The van der Waals surface area contributed by atoms with Crippen LogP contribution in [-0.2, 0) is 0 Å². The molecule has 0 aliphatic carbocycles. The highest BCUT2D eigenvalue weighted by atomic mass is 32.1. The van der Waals surface area contributed by atoms with Gasteiger partial charge < -0.3 is 10.6 Å². The number of aryl methyl sites for hydroxylation is 1. The summed E-state index contributed by atoms with van der Waals surface area (Å²) in [5, 5.41) is 1.19. The number of thiophene rings is 1. The fourth-order valence-electron chi connectivity index (χ4n) is 2.43. The molecule has 5 heteroatoms. The van der Waals surface area contributed by atoms with E-state index in [9.17, 15) is 0 Å². The Balaban J connectivity index is 2.00. The summed E-state index contributed by atoms with van der Waals surface area (Å²) in [4.78, 5) is 13.5. The van der Waals surface area contributed by atoms with E-state index in [1.807, 2.05) is 0 Å². The Kier molecular flexibility index (Phi) is 2.72. The van der Waals surface area contributed by atoms with E-state index in [1.54, 1.807) is 17.7 Å². The summed E-state index contributed by atoms with van der Waals surface area (Å²) in [6, 6.07) is 2.19. The molecule has 1 atom stereocenters. The molecule has 2 aromatic heterocycles. The lowest BCUT2D eigenvalue weighted by Crippen LogP contribution is -2.23. The third-order valence-electron chi connectivity index (χ3n) is 3.35. The molecule has 0 radical (unpaired) electrons. The van der Waals surface area contributed by atoms with Gasteiger partial charge in [0.15, 0.2) is 0 Å². The quantitative estimate of drug-likeness (QED) is 0.880. The minimum absolute atomic E-state index is 0.611. The topological polar surface area (TPSA) is 55.0 Å². The van der Waals surface area contributed by atoms with Crippen LogP contribution in [-0.4, -0.2) is 29.6 Å².